The van der Waals surface area contributed by atoms with E-state index in [-0.39, 0.29) is 6.04 Å². The molecule has 0 unspecified atom stereocenters. The van der Waals surface area contributed by atoms with Crippen LogP contribution in [0.15, 0.2) is 30.6 Å². The number of rotatable bonds is 4. The van der Waals surface area contributed by atoms with E-state index >= 15 is 0 Å². The lowest BCUT2D eigenvalue weighted by Gasteiger charge is -2.22. The fourth-order valence-electron chi connectivity index (χ4n) is 2.80. The molecule has 0 spiro atoms. The van der Waals surface area contributed by atoms with E-state index in [1.807, 2.05) is 24.0 Å². The zero-order chi connectivity index (χ0) is 13.9. The van der Waals surface area contributed by atoms with E-state index in [1.165, 1.54) is 17.5 Å². The molecule has 20 heavy (non-hydrogen) atoms. The molecule has 2 N–H and O–H groups in total. The molecule has 4 nitrogen and oxygen atoms in total. The molecule has 0 bridgehead atoms. The van der Waals surface area contributed by atoms with Crippen molar-refractivity contribution in [1.29, 1.82) is 0 Å². The van der Waals surface area contributed by atoms with Crippen LogP contribution in [0.3, 0.4) is 0 Å². The second-order valence-electron chi connectivity index (χ2n) is 5.41. The topological polar surface area (TPSA) is 53.1 Å². The van der Waals surface area contributed by atoms with E-state index in [1.54, 1.807) is 0 Å². The van der Waals surface area contributed by atoms with Crippen LogP contribution in [0.1, 0.15) is 35.8 Å². The van der Waals surface area contributed by atoms with Crippen LogP contribution in [0.2, 0.25) is 0 Å². The first-order chi connectivity index (χ1) is 9.74. The molecule has 1 atom stereocenters. The van der Waals surface area contributed by atoms with Crippen molar-refractivity contribution in [3.63, 3.8) is 0 Å². The van der Waals surface area contributed by atoms with Gasteiger partial charge in [0.1, 0.15) is 11.6 Å². The van der Waals surface area contributed by atoms with E-state index < -0.39 is 0 Å². The Hall–Kier alpha value is -1.81. The minimum atomic E-state index is 0.164. The summed E-state index contributed by atoms with van der Waals surface area (Å²) < 4.78 is 7.86. The fraction of sp³-hybridized carbons (Fsp3) is 0.438. The summed E-state index contributed by atoms with van der Waals surface area (Å²) in [4.78, 5) is 4.29. The van der Waals surface area contributed by atoms with Crippen molar-refractivity contribution in [3.8, 4) is 5.75 Å². The highest BCUT2D eigenvalue weighted by Gasteiger charge is 2.17. The second kappa shape index (κ2) is 5.67. The van der Waals surface area contributed by atoms with E-state index in [0.717, 1.165) is 30.8 Å². The second-order valence-corrected chi connectivity index (χ2v) is 5.41. The zero-order valence-corrected chi connectivity index (χ0v) is 11.9. The lowest BCUT2D eigenvalue weighted by molar-refractivity contribution is 0.316. The van der Waals surface area contributed by atoms with Crippen molar-refractivity contribution in [3.05, 3.63) is 47.5 Å². The van der Waals surface area contributed by atoms with Gasteiger partial charge < -0.3 is 15.0 Å². The van der Waals surface area contributed by atoms with Gasteiger partial charge in [-0.3, -0.25) is 0 Å². The molecule has 1 aromatic carbocycles. The van der Waals surface area contributed by atoms with Crippen molar-refractivity contribution in [2.45, 2.75) is 31.7 Å². The highest BCUT2D eigenvalue weighted by atomic mass is 16.5. The Labute approximate surface area is 119 Å². The molecule has 1 aromatic heterocycles. The highest BCUT2D eigenvalue weighted by Crippen LogP contribution is 2.30. The number of aryl methyl sites for hydroxylation is 2. The van der Waals surface area contributed by atoms with Crippen LogP contribution in [0.25, 0.3) is 0 Å². The van der Waals surface area contributed by atoms with Gasteiger partial charge in [-0.15, -0.1) is 0 Å². The summed E-state index contributed by atoms with van der Waals surface area (Å²) in [5.41, 5.74) is 8.80. The molecule has 1 aliphatic carbocycles. The van der Waals surface area contributed by atoms with Gasteiger partial charge in [-0.25, -0.2) is 4.98 Å². The Balaban J connectivity index is 1.63. The number of hydrogen-bond acceptors (Lipinski definition) is 3. The first-order valence-corrected chi connectivity index (χ1v) is 7.21. The number of fused-ring (bicyclic) bond motifs is 1. The lowest BCUT2D eigenvalue weighted by atomic mass is 9.88. The van der Waals surface area contributed by atoms with Crippen LogP contribution in [-0.2, 0) is 19.9 Å². The van der Waals surface area contributed by atoms with E-state index in [2.05, 4.69) is 23.2 Å². The number of ether oxygens (including phenoxy) is 1. The lowest BCUT2D eigenvalue weighted by Crippen LogP contribution is -2.17. The molecule has 1 aliphatic rings. The van der Waals surface area contributed by atoms with Crippen LogP contribution in [0.4, 0.5) is 0 Å². The van der Waals surface area contributed by atoms with E-state index in [4.69, 9.17) is 10.5 Å². The van der Waals surface area contributed by atoms with Gasteiger partial charge in [0.2, 0.25) is 0 Å². The molecule has 0 amide bonds. The summed E-state index contributed by atoms with van der Waals surface area (Å²) in [6, 6.07) is 6.48. The molecule has 4 heteroatoms. The standard InChI is InChI=1S/C16H21N3O/c1-19-9-8-18-16(19)7-10-20-13-6-5-12-3-2-4-15(17)14(12)11-13/h5-6,8-9,11,15H,2-4,7,10,17H2,1H3/t15-/m0/s1. The number of nitrogens with two attached hydrogens (primary N) is 1. The summed E-state index contributed by atoms with van der Waals surface area (Å²) in [5, 5.41) is 0. The third kappa shape index (κ3) is 2.70. The first-order valence-electron chi connectivity index (χ1n) is 7.21. The van der Waals surface area contributed by atoms with Crippen molar-refractivity contribution in [2.75, 3.05) is 6.61 Å². The van der Waals surface area contributed by atoms with Gasteiger partial charge in [0.05, 0.1) is 6.61 Å². The molecule has 0 fully saturated rings. The number of hydrogen-bond donors (Lipinski definition) is 1. The van der Waals surface area contributed by atoms with Crippen molar-refractivity contribution < 1.29 is 4.74 Å². The van der Waals surface area contributed by atoms with Gasteiger partial charge in [-0.1, -0.05) is 6.07 Å². The molecule has 1 heterocycles. The van der Waals surface area contributed by atoms with Crippen LogP contribution < -0.4 is 10.5 Å². The summed E-state index contributed by atoms with van der Waals surface area (Å²) in [6.07, 6.45) is 7.97. The van der Waals surface area contributed by atoms with Crippen LogP contribution in [0.5, 0.6) is 5.75 Å². The largest absolute Gasteiger partial charge is 0.493 e. The molecule has 0 saturated heterocycles. The van der Waals surface area contributed by atoms with E-state index in [9.17, 15) is 0 Å². The number of benzene rings is 1. The summed E-state index contributed by atoms with van der Waals surface area (Å²) >= 11 is 0. The third-order valence-corrected chi connectivity index (χ3v) is 3.99. The van der Waals surface area contributed by atoms with Crippen molar-refractivity contribution in [2.24, 2.45) is 12.8 Å². The SMILES string of the molecule is Cn1ccnc1CCOc1ccc2c(c1)[C@@H](N)CCC2. The first kappa shape index (κ1) is 13.2. The molecule has 3 rings (SSSR count). The van der Waals surface area contributed by atoms with Crippen molar-refractivity contribution in [1.82, 2.24) is 9.55 Å². The molecule has 106 valence electrons. The Morgan fingerprint density at radius 2 is 2.35 bits per heavy atom. The highest BCUT2D eigenvalue weighted by molar-refractivity contribution is 5.39. The van der Waals surface area contributed by atoms with Gasteiger partial charge in [-0.2, -0.15) is 0 Å². The average Bonchev–Trinajstić information content (AvgIpc) is 2.85. The predicted molar refractivity (Wildman–Crippen MR) is 78.7 cm³/mol. The normalized spacial score (nSPS) is 17.8. The Morgan fingerprint density at radius 3 is 3.15 bits per heavy atom. The summed E-state index contributed by atoms with van der Waals surface area (Å²) in [5.74, 6) is 1.95. The minimum absolute atomic E-state index is 0.164. The average molecular weight is 271 g/mol. The monoisotopic (exact) mass is 271 g/mol. The maximum absolute atomic E-state index is 6.17. The Morgan fingerprint density at radius 1 is 1.45 bits per heavy atom. The molecule has 0 radical (unpaired) electrons. The number of nitrogens with zero attached hydrogens (tertiary/aromatic N) is 2. The van der Waals surface area contributed by atoms with Crippen LogP contribution >= 0.6 is 0 Å². The van der Waals surface area contributed by atoms with Gasteiger partial charge in [0, 0.05) is 31.9 Å². The maximum atomic E-state index is 6.17. The minimum Gasteiger partial charge on any atom is -0.493 e. The molecular weight excluding hydrogens is 250 g/mol. The molecule has 0 aliphatic heterocycles. The third-order valence-electron chi connectivity index (χ3n) is 3.99. The maximum Gasteiger partial charge on any atom is 0.119 e. The van der Waals surface area contributed by atoms with Crippen LogP contribution in [-0.4, -0.2) is 16.2 Å². The van der Waals surface area contributed by atoms with Gasteiger partial charge in [-0.05, 0) is 42.5 Å². The number of imidazole rings is 1. The fourth-order valence-corrected chi connectivity index (χ4v) is 2.80. The van der Waals surface area contributed by atoms with E-state index in [0.29, 0.717) is 6.61 Å². The van der Waals surface area contributed by atoms with Gasteiger partial charge >= 0.3 is 0 Å². The summed E-state index contributed by atoms with van der Waals surface area (Å²) in [7, 11) is 2.00. The van der Waals surface area contributed by atoms with Crippen LogP contribution in [0, 0.1) is 0 Å². The predicted octanol–water partition coefficient (Wildman–Crippen LogP) is 2.38. The quantitative estimate of drug-likeness (QED) is 0.929. The molecule has 2 aromatic rings. The Kier molecular flexibility index (Phi) is 3.74. The Bertz CT molecular complexity index is 591. The summed E-state index contributed by atoms with van der Waals surface area (Å²) in [6.45, 7) is 0.638. The zero-order valence-electron chi connectivity index (χ0n) is 11.9. The molecule has 0 saturated carbocycles. The van der Waals surface area contributed by atoms with Gasteiger partial charge in [0.15, 0.2) is 0 Å². The van der Waals surface area contributed by atoms with Crippen molar-refractivity contribution >= 4 is 0 Å². The van der Waals surface area contributed by atoms with Gasteiger partial charge in [0.25, 0.3) is 0 Å². The molecular formula is C16H21N3O. The smallest absolute Gasteiger partial charge is 0.119 e. The number of aromatic nitrogens is 2.